The van der Waals surface area contributed by atoms with Crippen LogP contribution in [0.5, 0.6) is 0 Å². The van der Waals surface area contributed by atoms with Crippen molar-refractivity contribution >= 4 is 5.91 Å². The molecule has 0 unspecified atom stereocenters. The Morgan fingerprint density at radius 1 is 0.923 bits per heavy atom. The van der Waals surface area contributed by atoms with Crippen molar-refractivity contribution in [2.45, 2.75) is 65.3 Å². The van der Waals surface area contributed by atoms with Gasteiger partial charge >= 0.3 is 0 Å². The Labute approximate surface area is 159 Å². The first-order valence-corrected chi connectivity index (χ1v) is 10.4. The summed E-state index contributed by atoms with van der Waals surface area (Å²) in [7, 11) is 0. The lowest BCUT2D eigenvalue weighted by atomic mass is 9.86. The third kappa shape index (κ3) is 4.31. The molecule has 0 radical (unpaired) electrons. The Balaban J connectivity index is 1.55. The maximum Gasteiger partial charge on any atom is 0.253 e. The fourth-order valence-electron chi connectivity index (χ4n) is 4.36. The van der Waals surface area contributed by atoms with Gasteiger partial charge in [-0.05, 0) is 60.8 Å². The smallest absolute Gasteiger partial charge is 0.253 e. The molecule has 2 atom stereocenters. The summed E-state index contributed by atoms with van der Waals surface area (Å²) in [4.78, 5) is 17.6. The Morgan fingerprint density at radius 3 is 2.08 bits per heavy atom. The van der Waals surface area contributed by atoms with Crippen LogP contribution in [0.3, 0.4) is 0 Å². The molecule has 26 heavy (non-hydrogen) atoms. The van der Waals surface area contributed by atoms with Gasteiger partial charge in [0.25, 0.3) is 5.91 Å². The third-order valence-corrected chi connectivity index (χ3v) is 6.63. The van der Waals surface area contributed by atoms with Gasteiger partial charge in [-0.15, -0.1) is 0 Å². The maximum absolute atomic E-state index is 12.9. The van der Waals surface area contributed by atoms with Crippen LogP contribution in [0.4, 0.5) is 0 Å². The van der Waals surface area contributed by atoms with Crippen LogP contribution in [0.1, 0.15) is 69.8 Å². The number of carbonyl (C=O) groups excluding carboxylic acids is 1. The van der Waals surface area contributed by atoms with E-state index in [4.69, 9.17) is 0 Å². The van der Waals surface area contributed by atoms with Gasteiger partial charge in [0.15, 0.2) is 0 Å². The monoisotopic (exact) mass is 356 g/mol. The van der Waals surface area contributed by atoms with E-state index in [1.54, 1.807) is 0 Å². The van der Waals surface area contributed by atoms with E-state index in [2.05, 4.69) is 56.6 Å². The Hall–Kier alpha value is -1.35. The van der Waals surface area contributed by atoms with Crippen molar-refractivity contribution in [1.82, 2.24) is 9.80 Å². The average molecular weight is 357 g/mol. The molecule has 2 fully saturated rings. The molecule has 1 aromatic rings. The minimum Gasteiger partial charge on any atom is -0.339 e. The standard InChI is InChI=1S/C23H36N2O/c1-17-10-13-25(16-18(17)2)21-11-14-24(15-12-21)22(26)19-6-8-20(9-7-19)23(3,4)5/h6-9,17-18,21H,10-16H2,1-5H3/t17-,18+/m1/s1. The molecule has 2 heterocycles. The van der Waals surface area contributed by atoms with Gasteiger partial charge in [-0.1, -0.05) is 46.8 Å². The SMILES string of the molecule is C[C@@H]1CCN(C2CCN(C(=O)c3ccc(C(C)(C)C)cc3)CC2)C[C@@H]1C. The summed E-state index contributed by atoms with van der Waals surface area (Å²) in [6.45, 7) is 15.6. The molecule has 2 aliphatic heterocycles. The van der Waals surface area contributed by atoms with E-state index < -0.39 is 0 Å². The quantitative estimate of drug-likeness (QED) is 0.775. The number of likely N-dealkylation sites (tertiary alicyclic amines) is 2. The van der Waals surface area contributed by atoms with Crippen LogP contribution in [0.25, 0.3) is 0 Å². The van der Waals surface area contributed by atoms with Crippen molar-refractivity contribution in [1.29, 1.82) is 0 Å². The molecule has 0 saturated carbocycles. The highest BCUT2D eigenvalue weighted by Gasteiger charge is 2.31. The zero-order valence-electron chi connectivity index (χ0n) is 17.3. The number of piperidine rings is 2. The summed E-state index contributed by atoms with van der Waals surface area (Å²) < 4.78 is 0. The van der Waals surface area contributed by atoms with E-state index >= 15 is 0 Å². The molecule has 3 rings (SSSR count). The second kappa shape index (κ2) is 7.72. The fraction of sp³-hybridized carbons (Fsp3) is 0.696. The highest BCUT2D eigenvalue weighted by Crippen LogP contribution is 2.28. The van der Waals surface area contributed by atoms with Gasteiger partial charge in [-0.3, -0.25) is 9.69 Å². The van der Waals surface area contributed by atoms with Crippen molar-refractivity contribution < 1.29 is 4.79 Å². The van der Waals surface area contributed by atoms with Crippen LogP contribution in [0, 0.1) is 11.8 Å². The Kier molecular flexibility index (Phi) is 5.76. The zero-order chi connectivity index (χ0) is 18.9. The topological polar surface area (TPSA) is 23.6 Å². The van der Waals surface area contributed by atoms with E-state index in [0.29, 0.717) is 6.04 Å². The number of carbonyl (C=O) groups is 1. The predicted octanol–water partition coefficient (Wildman–Crippen LogP) is 4.57. The number of hydrogen-bond donors (Lipinski definition) is 0. The van der Waals surface area contributed by atoms with Gasteiger partial charge in [-0.25, -0.2) is 0 Å². The van der Waals surface area contributed by atoms with Crippen LogP contribution in [-0.2, 0) is 5.41 Å². The van der Waals surface area contributed by atoms with Crippen LogP contribution < -0.4 is 0 Å². The molecular formula is C23H36N2O. The lowest BCUT2D eigenvalue weighted by molar-refractivity contribution is 0.0459. The lowest BCUT2D eigenvalue weighted by Gasteiger charge is -2.43. The van der Waals surface area contributed by atoms with Crippen molar-refractivity contribution in [3.05, 3.63) is 35.4 Å². The fourth-order valence-corrected chi connectivity index (χ4v) is 4.36. The van der Waals surface area contributed by atoms with Gasteiger partial charge in [-0.2, -0.15) is 0 Å². The van der Waals surface area contributed by atoms with E-state index in [0.717, 1.165) is 43.3 Å². The van der Waals surface area contributed by atoms with Gasteiger partial charge in [0.05, 0.1) is 0 Å². The highest BCUT2D eigenvalue weighted by atomic mass is 16.2. The first-order chi connectivity index (χ1) is 12.3. The number of hydrogen-bond acceptors (Lipinski definition) is 2. The summed E-state index contributed by atoms with van der Waals surface area (Å²) in [5.41, 5.74) is 2.24. The molecule has 0 aliphatic carbocycles. The van der Waals surface area contributed by atoms with Crippen LogP contribution in [0.15, 0.2) is 24.3 Å². The lowest BCUT2D eigenvalue weighted by Crippen LogP contribution is -2.50. The summed E-state index contributed by atoms with van der Waals surface area (Å²) >= 11 is 0. The minimum atomic E-state index is 0.128. The first-order valence-electron chi connectivity index (χ1n) is 10.4. The zero-order valence-corrected chi connectivity index (χ0v) is 17.3. The normalized spacial score (nSPS) is 26.1. The molecule has 0 spiro atoms. The van der Waals surface area contributed by atoms with E-state index in [1.807, 2.05) is 12.1 Å². The van der Waals surface area contributed by atoms with Gasteiger partial charge in [0, 0.05) is 31.2 Å². The molecule has 1 aromatic carbocycles. The van der Waals surface area contributed by atoms with Crippen LogP contribution in [0.2, 0.25) is 0 Å². The third-order valence-electron chi connectivity index (χ3n) is 6.63. The van der Waals surface area contributed by atoms with Gasteiger partial charge in [0.2, 0.25) is 0 Å². The van der Waals surface area contributed by atoms with Crippen LogP contribution in [-0.4, -0.2) is 47.9 Å². The Morgan fingerprint density at radius 2 is 1.54 bits per heavy atom. The van der Waals surface area contributed by atoms with Gasteiger partial charge < -0.3 is 4.90 Å². The van der Waals surface area contributed by atoms with Crippen LogP contribution >= 0.6 is 0 Å². The predicted molar refractivity (Wildman–Crippen MR) is 109 cm³/mol. The van der Waals surface area contributed by atoms with Gasteiger partial charge in [0.1, 0.15) is 0 Å². The average Bonchev–Trinajstić information content (AvgIpc) is 2.63. The highest BCUT2D eigenvalue weighted by molar-refractivity contribution is 5.94. The summed E-state index contributed by atoms with van der Waals surface area (Å²) in [6, 6.07) is 8.88. The molecule has 3 nitrogen and oxygen atoms in total. The number of nitrogens with zero attached hydrogens (tertiary/aromatic N) is 2. The van der Waals surface area contributed by atoms with E-state index in [-0.39, 0.29) is 11.3 Å². The largest absolute Gasteiger partial charge is 0.339 e. The first kappa shape index (κ1) is 19.4. The van der Waals surface area contributed by atoms with Crippen molar-refractivity contribution in [2.24, 2.45) is 11.8 Å². The summed E-state index contributed by atoms with van der Waals surface area (Å²) in [5, 5.41) is 0. The van der Waals surface area contributed by atoms with E-state index in [1.165, 1.54) is 25.1 Å². The van der Waals surface area contributed by atoms with Crippen molar-refractivity contribution in [3.8, 4) is 0 Å². The number of amides is 1. The molecule has 2 saturated heterocycles. The molecule has 144 valence electrons. The molecule has 0 bridgehead atoms. The Bertz CT molecular complexity index is 608. The minimum absolute atomic E-state index is 0.128. The van der Waals surface area contributed by atoms with Crippen molar-refractivity contribution in [3.63, 3.8) is 0 Å². The molecular weight excluding hydrogens is 320 g/mol. The maximum atomic E-state index is 12.9. The molecule has 1 amide bonds. The number of benzene rings is 1. The second-order valence-electron chi connectivity index (χ2n) is 9.59. The van der Waals surface area contributed by atoms with E-state index in [9.17, 15) is 4.79 Å². The molecule has 0 N–H and O–H groups in total. The second-order valence-corrected chi connectivity index (χ2v) is 9.59. The summed E-state index contributed by atoms with van der Waals surface area (Å²) in [6.07, 6.45) is 3.56. The summed E-state index contributed by atoms with van der Waals surface area (Å²) in [5.74, 6) is 1.85. The van der Waals surface area contributed by atoms with Crippen molar-refractivity contribution in [2.75, 3.05) is 26.2 Å². The molecule has 2 aliphatic rings. The molecule has 3 heteroatoms. The number of rotatable bonds is 2. The molecule has 0 aromatic heterocycles.